The summed E-state index contributed by atoms with van der Waals surface area (Å²) >= 11 is 0. The molecule has 1 saturated heterocycles. The van der Waals surface area contributed by atoms with E-state index in [2.05, 4.69) is 10.3 Å². The first kappa shape index (κ1) is 14.0. The summed E-state index contributed by atoms with van der Waals surface area (Å²) in [5.41, 5.74) is 0. The number of likely N-dealkylation sites (N-methyl/N-ethyl adjacent to an activating group) is 1. The van der Waals surface area contributed by atoms with Gasteiger partial charge in [0.05, 0.1) is 18.1 Å². The minimum Gasteiger partial charge on any atom is -0.310 e. The Kier molecular flexibility index (Phi) is 4.16. The summed E-state index contributed by atoms with van der Waals surface area (Å²) in [5, 5.41) is 2.68. The number of pyridine rings is 1. The predicted molar refractivity (Wildman–Crippen MR) is 72.6 cm³/mol. The average molecular weight is 283 g/mol. The van der Waals surface area contributed by atoms with Crippen molar-refractivity contribution >= 4 is 21.6 Å². The largest absolute Gasteiger partial charge is 0.310 e. The van der Waals surface area contributed by atoms with E-state index in [4.69, 9.17) is 0 Å². The minimum absolute atomic E-state index is 0.0699. The number of anilines is 1. The van der Waals surface area contributed by atoms with Crippen LogP contribution in [0.2, 0.25) is 0 Å². The van der Waals surface area contributed by atoms with Crippen molar-refractivity contribution < 1.29 is 13.2 Å². The van der Waals surface area contributed by atoms with Crippen LogP contribution < -0.4 is 5.32 Å². The van der Waals surface area contributed by atoms with E-state index < -0.39 is 9.84 Å². The van der Waals surface area contributed by atoms with E-state index in [9.17, 15) is 13.2 Å². The number of aromatic nitrogens is 1. The highest BCUT2D eigenvalue weighted by molar-refractivity contribution is 7.91. The number of sulfone groups is 1. The first-order chi connectivity index (χ1) is 8.96. The van der Waals surface area contributed by atoms with Gasteiger partial charge in [0.25, 0.3) is 0 Å². The summed E-state index contributed by atoms with van der Waals surface area (Å²) < 4.78 is 22.8. The molecule has 0 aromatic carbocycles. The van der Waals surface area contributed by atoms with Gasteiger partial charge in [-0.25, -0.2) is 13.4 Å². The Labute approximate surface area is 112 Å². The third kappa shape index (κ3) is 4.00. The molecule has 1 amide bonds. The van der Waals surface area contributed by atoms with E-state index in [1.165, 1.54) is 0 Å². The standard InChI is InChI=1S/C12H17N3O3S/c1-15(10-5-7-19(17,18)9-10)8-12(16)14-11-4-2-3-6-13-11/h2-4,6,10H,5,7-9H2,1H3,(H,13,14,16)/t10-/m1/s1. The van der Waals surface area contributed by atoms with Crippen LogP contribution in [-0.4, -0.2) is 55.3 Å². The van der Waals surface area contributed by atoms with Crippen molar-refractivity contribution in [2.24, 2.45) is 0 Å². The van der Waals surface area contributed by atoms with Crippen LogP contribution in [0.25, 0.3) is 0 Å². The number of amides is 1. The van der Waals surface area contributed by atoms with Gasteiger partial charge in [0.2, 0.25) is 5.91 Å². The van der Waals surface area contributed by atoms with Gasteiger partial charge in [0.15, 0.2) is 9.84 Å². The molecule has 19 heavy (non-hydrogen) atoms. The molecule has 0 aliphatic carbocycles. The number of hydrogen-bond donors (Lipinski definition) is 1. The highest BCUT2D eigenvalue weighted by Gasteiger charge is 2.31. The van der Waals surface area contributed by atoms with Crippen molar-refractivity contribution in [3.05, 3.63) is 24.4 Å². The maximum Gasteiger partial charge on any atom is 0.239 e. The Morgan fingerprint density at radius 2 is 2.32 bits per heavy atom. The van der Waals surface area contributed by atoms with E-state index in [1.807, 2.05) is 0 Å². The van der Waals surface area contributed by atoms with Crippen LogP contribution in [0, 0.1) is 0 Å². The number of hydrogen-bond acceptors (Lipinski definition) is 5. The Balaban J connectivity index is 1.86. The lowest BCUT2D eigenvalue weighted by Crippen LogP contribution is -2.38. The van der Waals surface area contributed by atoms with Crippen LogP contribution in [0.15, 0.2) is 24.4 Å². The lowest BCUT2D eigenvalue weighted by Gasteiger charge is -2.22. The molecule has 1 N–H and O–H groups in total. The van der Waals surface area contributed by atoms with Gasteiger partial charge in [0, 0.05) is 12.2 Å². The van der Waals surface area contributed by atoms with Gasteiger partial charge < -0.3 is 5.32 Å². The Hall–Kier alpha value is -1.47. The number of carbonyl (C=O) groups excluding carboxylic acids is 1. The smallest absolute Gasteiger partial charge is 0.239 e. The summed E-state index contributed by atoms with van der Waals surface area (Å²) in [6.07, 6.45) is 2.19. The van der Waals surface area contributed by atoms with Crippen molar-refractivity contribution in [1.29, 1.82) is 0 Å². The second-order valence-electron chi connectivity index (χ2n) is 4.74. The number of carbonyl (C=O) groups is 1. The molecule has 1 aliphatic heterocycles. The molecule has 1 aromatic heterocycles. The quantitative estimate of drug-likeness (QED) is 0.850. The predicted octanol–water partition coefficient (Wildman–Crippen LogP) is 0.139. The van der Waals surface area contributed by atoms with Crippen molar-refractivity contribution in [2.45, 2.75) is 12.5 Å². The molecule has 0 spiro atoms. The second kappa shape index (κ2) is 5.66. The zero-order valence-electron chi connectivity index (χ0n) is 10.7. The van der Waals surface area contributed by atoms with Crippen LogP contribution in [0.5, 0.6) is 0 Å². The average Bonchev–Trinajstić information content (AvgIpc) is 2.71. The molecule has 1 aromatic rings. The van der Waals surface area contributed by atoms with Gasteiger partial charge in [-0.2, -0.15) is 0 Å². The van der Waals surface area contributed by atoms with E-state index >= 15 is 0 Å². The first-order valence-electron chi connectivity index (χ1n) is 6.08. The molecule has 0 bridgehead atoms. The van der Waals surface area contributed by atoms with Gasteiger partial charge in [-0.3, -0.25) is 9.69 Å². The van der Waals surface area contributed by atoms with Crippen molar-refractivity contribution in [3.63, 3.8) is 0 Å². The highest BCUT2D eigenvalue weighted by Crippen LogP contribution is 2.16. The maximum absolute atomic E-state index is 11.8. The second-order valence-corrected chi connectivity index (χ2v) is 6.96. The molecule has 2 rings (SSSR count). The monoisotopic (exact) mass is 283 g/mol. The molecule has 1 fully saturated rings. The van der Waals surface area contributed by atoms with E-state index in [0.29, 0.717) is 12.2 Å². The molecule has 0 unspecified atom stereocenters. The van der Waals surface area contributed by atoms with Crippen LogP contribution >= 0.6 is 0 Å². The molecular weight excluding hydrogens is 266 g/mol. The van der Waals surface area contributed by atoms with Crippen molar-refractivity contribution in [3.8, 4) is 0 Å². The fourth-order valence-electron chi connectivity index (χ4n) is 2.10. The van der Waals surface area contributed by atoms with Gasteiger partial charge in [-0.05, 0) is 25.6 Å². The van der Waals surface area contributed by atoms with Crippen LogP contribution in [-0.2, 0) is 14.6 Å². The molecule has 6 nitrogen and oxygen atoms in total. The molecular formula is C12H17N3O3S. The van der Waals surface area contributed by atoms with Crippen LogP contribution in [0.1, 0.15) is 6.42 Å². The van der Waals surface area contributed by atoms with Gasteiger partial charge >= 0.3 is 0 Å². The molecule has 0 radical (unpaired) electrons. The van der Waals surface area contributed by atoms with Gasteiger partial charge in [-0.15, -0.1) is 0 Å². The molecule has 1 aliphatic rings. The molecule has 7 heteroatoms. The lowest BCUT2D eigenvalue weighted by atomic mass is 10.2. The normalized spacial score (nSPS) is 21.5. The molecule has 2 heterocycles. The first-order valence-corrected chi connectivity index (χ1v) is 7.90. The number of nitrogens with zero attached hydrogens (tertiary/aromatic N) is 2. The maximum atomic E-state index is 11.8. The third-order valence-corrected chi connectivity index (χ3v) is 4.91. The van der Waals surface area contributed by atoms with Crippen LogP contribution in [0.4, 0.5) is 5.82 Å². The Morgan fingerprint density at radius 3 is 2.89 bits per heavy atom. The third-order valence-electron chi connectivity index (χ3n) is 3.16. The van der Waals surface area contributed by atoms with E-state index in [-0.39, 0.29) is 30.0 Å². The van der Waals surface area contributed by atoms with Gasteiger partial charge in [-0.1, -0.05) is 6.07 Å². The summed E-state index contributed by atoms with van der Waals surface area (Å²) in [6, 6.07) is 5.19. The Bertz CT molecular complexity index is 545. The molecule has 104 valence electrons. The van der Waals surface area contributed by atoms with Crippen molar-refractivity contribution in [2.75, 3.05) is 30.4 Å². The van der Waals surface area contributed by atoms with E-state index in [1.54, 1.807) is 36.3 Å². The summed E-state index contributed by atoms with van der Waals surface area (Å²) in [5.74, 6) is 0.662. The molecule has 1 atom stereocenters. The minimum atomic E-state index is -2.92. The summed E-state index contributed by atoms with van der Waals surface area (Å²) in [7, 11) is -1.15. The summed E-state index contributed by atoms with van der Waals surface area (Å²) in [6.45, 7) is 0.163. The molecule has 0 saturated carbocycles. The highest BCUT2D eigenvalue weighted by atomic mass is 32.2. The SMILES string of the molecule is CN(CC(=O)Nc1ccccn1)[C@@H]1CCS(=O)(=O)C1. The topological polar surface area (TPSA) is 79.4 Å². The van der Waals surface area contributed by atoms with Crippen LogP contribution in [0.3, 0.4) is 0 Å². The number of rotatable bonds is 4. The summed E-state index contributed by atoms with van der Waals surface area (Å²) in [4.78, 5) is 17.6. The Morgan fingerprint density at radius 1 is 1.53 bits per heavy atom. The number of nitrogens with one attached hydrogen (secondary N) is 1. The zero-order valence-corrected chi connectivity index (χ0v) is 11.6. The van der Waals surface area contributed by atoms with Crippen molar-refractivity contribution in [1.82, 2.24) is 9.88 Å². The van der Waals surface area contributed by atoms with E-state index in [0.717, 1.165) is 0 Å². The fraction of sp³-hybridized carbons (Fsp3) is 0.500. The lowest BCUT2D eigenvalue weighted by molar-refractivity contribution is -0.117. The van der Waals surface area contributed by atoms with Gasteiger partial charge in [0.1, 0.15) is 5.82 Å². The fourth-order valence-corrected chi connectivity index (χ4v) is 3.90. The zero-order chi connectivity index (χ0) is 13.9.